The first-order valence-electron chi connectivity index (χ1n) is 9.36. The molecule has 138 valence electrons. The molecular formula is C22H26O3Se. The molecule has 2 aliphatic rings. The van der Waals surface area contributed by atoms with Crippen molar-refractivity contribution >= 4 is 25.4 Å². The van der Waals surface area contributed by atoms with Gasteiger partial charge in [-0.05, 0) is 0 Å². The summed E-state index contributed by atoms with van der Waals surface area (Å²) in [6.45, 7) is 7.01. The molecule has 0 spiro atoms. The van der Waals surface area contributed by atoms with Gasteiger partial charge in [-0.2, -0.15) is 0 Å². The third-order valence-corrected chi connectivity index (χ3v) is 8.96. The average Bonchev–Trinajstić information content (AvgIpc) is 3.12. The molecule has 1 aliphatic carbocycles. The van der Waals surface area contributed by atoms with Gasteiger partial charge in [0.25, 0.3) is 0 Å². The minimum atomic E-state index is -0.207. The molecule has 2 aromatic rings. The summed E-state index contributed by atoms with van der Waals surface area (Å²) in [5.41, 5.74) is 1.06. The molecule has 1 aromatic heterocycles. The quantitative estimate of drug-likeness (QED) is 0.544. The second-order valence-electron chi connectivity index (χ2n) is 8.55. The number of hydrogen-bond donors (Lipinski definition) is 0. The van der Waals surface area contributed by atoms with Gasteiger partial charge in [0.2, 0.25) is 0 Å². The summed E-state index contributed by atoms with van der Waals surface area (Å²) in [4.78, 5) is 13.1. The Balaban J connectivity index is 1.76. The molecule has 1 unspecified atom stereocenters. The second kappa shape index (κ2) is 6.58. The van der Waals surface area contributed by atoms with Crippen molar-refractivity contribution in [3.8, 4) is 0 Å². The number of hydrogen-bond acceptors (Lipinski definition) is 3. The van der Waals surface area contributed by atoms with Crippen LogP contribution in [0.3, 0.4) is 0 Å². The van der Waals surface area contributed by atoms with E-state index >= 15 is 0 Å². The van der Waals surface area contributed by atoms with Gasteiger partial charge in [0.15, 0.2) is 0 Å². The Labute approximate surface area is 161 Å². The molecule has 0 bridgehead atoms. The Hall–Kier alpha value is -1.51. The van der Waals surface area contributed by atoms with Crippen molar-refractivity contribution in [1.29, 1.82) is 0 Å². The van der Waals surface area contributed by atoms with Crippen molar-refractivity contribution in [3.05, 3.63) is 54.5 Å². The van der Waals surface area contributed by atoms with E-state index in [-0.39, 0.29) is 42.7 Å². The Kier molecular flexibility index (Phi) is 4.53. The maximum atomic E-state index is 13.2. The molecular weight excluding hydrogens is 391 g/mol. The van der Waals surface area contributed by atoms with Crippen LogP contribution in [0.1, 0.15) is 51.7 Å². The zero-order chi connectivity index (χ0) is 18.4. The number of furan rings is 1. The zero-order valence-corrected chi connectivity index (χ0v) is 17.3. The van der Waals surface area contributed by atoms with E-state index in [1.807, 2.05) is 12.1 Å². The summed E-state index contributed by atoms with van der Waals surface area (Å²) in [6.07, 6.45) is 6.64. The van der Waals surface area contributed by atoms with Gasteiger partial charge in [-0.25, -0.2) is 0 Å². The van der Waals surface area contributed by atoms with Gasteiger partial charge >= 0.3 is 162 Å². The fraction of sp³-hybridized carbons (Fsp3) is 0.500. The topological polar surface area (TPSA) is 39.4 Å². The van der Waals surface area contributed by atoms with Crippen molar-refractivity contribution in [2.45, 2.75) is 51.0 Å². The van der Waals surface area contributed by atoms with Crippen molar-refractivity contribution in [3.63, 3.8) is 0 Å². The van der Waals surface area contributed by atoms with Gasteiger partial charge in [0, 0.05) is 0 Å². The van der Waals surface area contributed by atoms with Crippen LogP contribution in [0.25, 0.3) is 0 Å². The molecule has 4 heteroatoms. The summed E-state index contributed by atoms with van der Waals surface area (Å²) in [5, 5.41) is 0. The van der Waals surface area contributed by atoms with E-state index in [9.17, 15) is 4.79 Å². The zero-order valence-electron chi connectivity index (χ0n) is 15.6. The fourth-order valence-corrected chi connectivity index (χ4v) is 8.57. The van der Waals surface area contributed by atoms with Gasteiger partial charge in [-0.3, -0.25) is 0 Å². The second-order valence-corrected chi connectivity index (χ2v) is 11.1. The number of cyclic esters (lactones) is 1. The van der Waals surface area contributed by atoms with Crippen LogP contribution in [0.15, 0.2) is 53.3 Å². The Morgan fingerprint density at radius 1 is 1.08 bits per heavy atom. The molecule has 2 heterocycles. The van der Waals surface area contributed by atoms with E-state index in [4.69, 9.17) is 9.15 Å². The molecule has 4 rings (SSSR count). The normalized spacial score (nSPS) is 33.3. The third kappa shape index (κ3) is 2.93. The SMILES string of the molecule is CC1(C)CCC[C@@]2(C)[C@H](c3ccoc3)OC(=O)C([Se]c3ccccc3)[C@@H]12. The molecule has 3 nitrogen and oxygen atoms in total. The molecule has 1 saturated heterocycles. The number of rotatable bonds is 3. The van der Waals surface area contributed by atoms with E-state index in [0.29, 0.717) is 5.92 Å². The first-order chi connectivity index (χ1) is 12.4. The standard InChI is InChI=1S/C22H26O3Se/c1-21(2)11-7-12-22(3)18(21)17(26-16-8-5-4-6-9-16)20(23)25-19(22)15-10-13-24-14-15/h4-6,8-10,13-14,17-19H,7,11-12H2,1-3H3/t17?,18-,19-,22+/m0/s1. The fourth-order valence-electron chi connectivity index (χ4n) is 5.27. The molecule has 26 heavy (non-hydrogen) atoms. The third-order valence-electron chi connectivity index (χ3n) is 6.31. The molecule has 1 aliphatic heterocycles. The monoisotopic (exact) mass is 418 g/mol. The van der Waals surface area contributed by atoms with Crippen molar-refractivity contribution < 1.29 is 13.9 Å². The first-order valence-corrected chi connectivity index (χ1v) is 11.2. The van der Waals surface area contributed by atoms with E-state index in [0.717, 1.165) is 12.0 Å². The van der Waals surface area contributed by atoms with Gasteiger partial charge in [-0.1, -0.05) is 0 Å². The number of benzene rings is 1. The van der Waals surface area contributed by atoms with Crippen LogP contribution in [-0.4, -0.2) is 20.9 Å². The van der Waals surface area contributed by atoms with Crippen LogP contribution >= 0.6 is 0 Å². The van der Waals surface area contributed by atoms with Crippen LogP contribution < -0.4 is 4.46 Å². The van der Waals surface area contributed by atoms with Gasteiger partial charge in [-0.15, -0.1) is 0 Å². The van der Waals surface area contributed by atoms with E-state index in [1.165, 1.54) is 17.3 Å². The number of carbonyl (C=O) groups is 1. The summed E-state index contributed by atoms with van der Waals surface area (Å²) in [5.74, 6) is 0.280. The molecule has 0 N–H and O–H groups in total. The number of carbonyl (C=O) groups excluding carboxylic acids is 1. The van der Waals surface area contributed by atoms with Crippen molar-refractivity contribution in [2.75, 3.05) is 0 Å². The van der Waals surface area contributed by atoms with E-state index < -0.39 is 0 Å². The van der Waals surface area contributed by atoms with Crippen molar-refractivity contribution in [1.82, 2.24) is 0 Å². The molecule has 4 atom stereocenters. The Morgan fingerprint density at radius 2 is 1.85 bits per heavy atom. The average molecular weight is 417 g/mol. The number of ether oxygens (including phenoxy) is 1. The summed E-state index contributed by atoms with van der Waals surface area (Å²) < 4.78 is 12.7. The van der Waals surface area contributed by atoms with Gasteiger partial charge in [0.05, 0.1) is 0 Å². The summed E-state index contributed by atoms with van der Waals surface area (Å²) in [7, 11) is 0. The van der Waals surface area contributed by atoms with Crippen LogP contribution in [0.5, 0.6) is 0 Å². The van der Waals surface area contributed by atoms with Gasteiger partial charge in [0.1, 0.15) is 0 Å². The summed E-state index contributed by atoms with van der Waals surface area (Å²) in [6, 6.07) is 12.4. The molecule has 1 aromatic carbocycles. The predicted molar refractivity (Wildman–Crippen MR) is 102 cm³/mol. The molecule has 0 amide bonds. The Morgan fingerprint density at radius 3 is 2.54 bits per heavy atom. The molecule has 1 saturated carbocycles. The van der Waals surface area contributed by atoms with E-state index in [2.05, 4.69) is 45.0 Å². The van der Waals surface area contributed by atoms with Crippen LogP contribution in [0.4, 0.5) is 0 Å². The van der Waals surface area contributed by atoms with Crippen LogP contribution in [0.2, 0.25) is 4.82 Å². The number of esters is 1. The minimum absolute atomic E-state index is 0.0301. The van der Waals surface area contributed by atoms with Crippen LogP contribution in [-0.2, 0) is 9.53 Å². The Bertz CT molecular complexity index is 768. The molecule has 2 fully saturated rings. The van der Waals surface area contributed by atoms with Crippen LogP contribution in [0, 0.1) is 16.7 Å². The van der Waals surface area contributed by atoms with Gasteiger partial charge < -0.3 is 0 Å². The first kappa shape index (κ1) is 17.9. The maximum absolute atomic E-state index is 13.2. The molecule has 0 radical (unpaired) electrons. The number of fused-ring (bicyclic) bond motifs is 1. The summed E-state index contributed by atoms with van der Waals surface area (Å²) >= 11 is 0.0697. The van der Waals surface area contributed by atoms with Crippen molar-refractivity contribution in [2.24, 2.45) is 16.7 Å². The van der Waals surface area contributed by atoms with E-state index in [1.54, 1.807) is 12.5 Å². The predicted octanol–water partition coefficient (Wildman–Crippen LogP) is 4.53.